The molecule has 1 aromatic heterocycles. The number of imidazole rings is 1. The molecule has 2 nitrogen and oxygen atoms in total. The summed E-state index contributed by atoms with van der Waals surface area (Å²) in [5, 5.41) is 0.483. The Hall–Kier alpha value is -3.06. The van der Waals surface area contributed by atoms with Gasteiger partial charge in [-0.1, -0.05) is 66.4 Å². The molecule has 3 aromatic carbocycles. The highest BCUT2D eigenvalue weighted by Gasteiger charge is 2.32. The van der Waals surface area contributed by atoms with Crippen molar-refractivity contribution >= 4 is 11.8 Å². The molecule has 0 atom stereocenters. The van der Waals surface area contributed by atoms with Gasteiger partial charge >= 0.3 is 6.18 Å². The predicted octanol–water partition coefficient (Wildman–Crippen LogP) is 6.99. The molecular weight excluding hydrogens is 412 g/mol. The first-order chi connectivity index (χ1) is 14.4. The third kappa shape index (κ3) is 4.41. The molecule has 0 spiro atoms. The number of thioether (sulfide) groups is 1. The van der Waals surface area contributed by atoms with Crippen LogP contribution in [0.15, 0.2) is 90.2 Å². The van der Waals surface area contributed by atoms with Gasteiger partial charge in [-0.3, -0.25) is 4.57 Å². The minimum absolute atomic E-state index is 0.0796. The highest BCUT2D eigenvalue weighted by molar-refractivity contribution is 7.98. The van der Waals surface area contributed by atoms with Crippen molar-refractivity contribution in [2.75, 3.05) is 0 Å². The van der Waals surface area contributed by atoms with Crippen LogP contribution in [0.4, 0.5) is 17.6 Å². The summed E-state index contributed by atoms with van der Waals surface area (Å²) < 4.78 is 55.4. The lowest BCUT2D eigenvalue weighted by molar-refractivity contribution is -0.138. The summed E-state index contributed by atoms with van der Waals surface area (Å²) in [5.41, 5.74) is 1.59. The third-order valence-corrected chi connectivity index (χ3v) is 5.51. The molecule has 0 saturated carbocycles. The van der Waals surface area contributed by atoms with Crippen molar-refractivity contribution in [2.45, 2.75) is 17.1 Å². The molecule has 0 saturated heterocycles. The molecule has 7 heteroatoms. The van der Waals surface area contributed by atoms with Crippen LogP contribution < -0.4 is 0 Å². The monoisotopic (exact) mass is 428 g/mol. The molecule has 0 unspecified atom stereocenters. The lowest BCUT2D eigenvalue weighted by atomic mass is 10.1. The van der Waals surface area contributed by atoms with Crippen LogP contribution in [-0.2, 0) is 11.9 Å². The van der Waals surface area contributed by atoms with Crippen molar-refractivity contribution < 1.29 is 17.6 Å². The van der Waals surface area contributed by atoms with Crippen molar-refractivity contribution in [3.8, 4) is 16.9 Å². The maximum atomic E-state index is 13.8. The van der Waals surface area contributed by atoms with Gasteiger partial charge in [0.05, 0.1) is 16.9 Å². The minimum atomic E-state index is -4.43. The van der Waals surface area contributed by atoms with Gasteiger partial charge in [0, 0.05) is 17.5 Å². The second kappa shape index (κ2) is 8.36. The van der Waals surface area contributed by atoms with E-state index in [1.54, 1.807) is 29.0 Å². The van der Waals surface area contributed by atoms with E-state index >= 15 is 0 Å². The third-order valence-electron chi connectivity index (χ3n) is 4.51. The van der Waals surface area contributed by atoms with Crippen LogP contribution in [0.2, 0.25) is 0 Å². The lowest BCUT2D eigenvalue weighted by Crippen LogP contribution is -2.08. The Morgan fingerprint density at radius 1 is 0.867 bits per heavy atom. The Labute approximate surface area is 175 Å². The van der Waals surface area contributed by atoms with Crippen molar-refractivity contribution in [1.82, 2.24) is 9.55 Å². The first-order valence-corrected chi connectivity index (χ1v) is 10.1. The molecule has 0 bridgehead atoms. The zero-order valence-corrected chi connectivity index (χ0v) is 16.4. The fourth-order valence-electron chi connectivity index (χ4n) is 3.09. The highest BCUT2D eigenvalue weighted by Crippen LogP contribution is 2.35. The standard InChI is InChI=1S/C23H16F4N2S/c24-18-10-6-11-19(13-18)29-14-21(16-7-2-1-3-8-16)28-22(29)30-15-17-9-4-5-12-20(17)23(25,26)27/h1-14H,15H2. The average molecular weight is 428 g/mol. The normalized spacial score (nSPS) is 11.6. The van der Waals surface area contributed by atoms with Gasteiger partial charge in [-0.2, -0.15) is 13.2 Å². The van der Waals surface area contributed by atoms with Gasteiger partial charge in [0.1, 0.15) is 5.82 Å². The van der Waals surface area contributed by atoms with Crippen molar-refractivity contribution in [1.29, 1.82) is 0 Å². The van der Waals surface area contributed by atoms with Gasteiger partial charge in [-0.15, -0.1) is 0 Å². The van der Waals surface area contributed by atoms with Crippen LogP contribution in [0.5, 0.6) is 0 Å². The van der Waals surface area contributed by atoms with Gasteiger partial charge in [-0.05, 0) is 29.8 Å². The molecule has 0 radical (unpaired) electrons. The maximum absolute atomic E-state index is 13.8. The number of benzene rings is 3. The molecule has 0 aliphatic heterocycles. The van der Waals surface area contributed by atoms with E-state index in [4.69, 9.17) is 0 Å². The summed E-state index contributed by atoms with van der Waals surface area (Å²) in [6.07, 6.45) is -2.66. The molecule has 4 rings (SSSR count). The summed E-state index contributed by atoms with van der Waals surface area (Å²) >= 11 is 1.18. The lowest BCUT2D eigenvalue weighted by Gasteiger charge is -2.12. The van der Waals surface area contributed by atoms with Gasteiger partial charge < -0.3 is 0 Å². The van der Waals surface area contributed by atoms with Crippen LogP contribution in [0.1, 0.15) is 11.1 Å². The number of aromatic nitrogens is 2. The number of hydrogen-bond acceptors (Lipinski definition) is 2. The molecule has 4 aromatic rings. The van der Waals surface area contributed by atoms with E-state index in [1.807, 2.05) is 30.3 Å². The first kappa shape index (κ1) is 20.2. The summed E-state index contributed by atoms with van der Waals surface area (Å²) in [5.74, 6) is -0.322. The summed E-state index contributed by atoms with van der Waals surface area (Å²) in [7, 11) is 0. The van der Waals surface area contributed by atoms with Crippen LogP contribution in [0.3, 0.4) is 0 Å². The SMILES string of the molecule is Fc1cccc(-n2cc(-c3ccccc3)nc2SCc2ccccc2C(F)(F)F)c1. The molecule has 0 aliphatic rings. The topological polar surface area (TPSA) is 17.8 Å². The number of halogens is 4. The zero-order valence-electron chi connectivity index (χ0n) is 15.6. The Bertz CT molecular complexity index is 1150. The smallest absolute Gasteiger partial charge is 0.294 e. The summed E-state index contributed by atoms with van der Waals surface area (Å²) in [6.45, 7) is 0. The van der Waals surface area contributed by atoms with Gasteiger partial charge in [0.2, 0.25) is 0 Å². The second-order valence-corrected chi connectivity index (χ2v) is 7.51. The highest BCUT2D eigenvalue weighted by atomic mass is 32.2. The second-order valence-electron chi connectivity index (χ2n) is 6.57. The van der Waals surface area contributed by atoms with Crippen LogP contribution in [-0.4, -0.2) is 9.55 Å². The van der Waals surface area contributed by atoms with Crippen molar-refractivity contribution in [2.24, 2.45) is 0 Å². The van der Waals surface area contributed by atoms with E-state index in [-0.39, 0.29) is 11.3 Å². The molecule has 30 heavy (non-hydrogen) atoms. The number of hydrogen-bond donors (Lipinski definition) is 0. The Kier molecular flexibility index (Phi) is 5.63. The molecule has 0 aliphatic carbocycles. The van der Waals surface area contributed by atoms with E-state index in [0.29, 0.717) is 16.5 Å². The first-order valence-electron chi connectivity index (χ1n) is 9.10. The number of nitrogens with zero attached hydrogens (tertiary/aromatic N) is 2. The largest absolute Gasteiger partial charge is 0.416 e. The Morgan fingerprint density at radius 3 is 2.33 bits per heavy atom. The fraction of sp³-hybridized carbons (Fsp3) is 0.0870. The summed E-state index contributed by atoms with van der Waals surface area (Å²) in [4.78, 5) is 4.62. The number of alkyl halides is 3. The van der Waals surface area contributed by atoms with E-state index in [2.05, 4.69) is 4.98 Å². The molecule has 0 amide bonds. The van der Waals surface area contributed by atoms with E-state index < -0.39 is 17.6 Å². The van der Waals surface area contributed by atoms with Crippen LogP contribution in [0.25, 0.3) is 16.9 Å². The average Bonchev–Trinajstić information content (AvgIpc) is 3.17. The van der Waals surface area contributed by atoms with Crippen LogP contribution >= 0.6 is 11.8 Å². The van der Waals surface area contributed by atoms with E-state index in [0.717, 1.165) is 11.6 Å². The van der Waals surface area contributed by atoms with Crippen LogP contribution in [0, 0.1) is 5.82 Å². The van der Waals surface area contributed by atoms with Gasteiger partial charge in [-0.25, -0.2) is 9.37 Å². The van der Waals surface area contributed by atoms with Crippen molar-refractivity contribution in [3.63, 3.8) is 0 Å². The van der Waals surface area contributed by atoms with Gasteiger partial charge in [0.25, 0.3) is 0 Å². The van der Waals surface area contributed by atoms with E-state index in [9.17, 15) is 17.6 Å². The fourth-order valence-corrected chi connectivity index (χ4v) is 4.09. The quantitative estimate of drug-likeness (QED) is 0.252. The summed E-state index contributed by atoms with van der Waals surface area (Å²) in [6, 6.07) is 20.9. The zero-order chi connectivity index (χ0) is 21.1. The predicted molar refractivity (Wildman–Crippen MR) is 110 cm³/mol. The molecule has 1 heterocycles. The Morgan fingerprint density at radius 2 is 1.60 bits per heavy atom. The molecular formula is C23H16F4N2S. The minimum Gasteiger partial charge on any atom is -0.294 e. The van der Waals surface area contributed by atoms with Crippen molar-refractivity contribution in [3.05, 3.63) is 102 Å². The molecule has 152 valence electrons. The Balaban J connectivity index is 1.71. The maximum Gasteiger partial charge on any atom is 0.416 e. The number of rotatable bonds is 5. The van der Waals surface area contributed by atoms with E-state index in [1.165, 1.54) is 36.0 Å². The molecule has 0 fully saturated rings. The molecule has 0 N–H and O–H groups in total. The van der Waals surface area contributed by atoms with Gasteiger partial charge in [0.15, 0.2) is 5.16 Å².